The predicted octanol–water partition coefficient (Wildman–Crippen LogP) is 0.0706. The molecule has 0 saturated heterocycles. The minimum absolute atomic E-state index is 0.0891. The summed E-state index contributed by atoms with van der Waals surface area (Å²) in [5.74, 6) is 0.0458. The lowest BCUT2D eigenvalue weighted by Crippen LogP contribution is -2.49. The van der Waals surface area contributed by atoms with Gasteiger partial charge in [-0.1, -0.05) is 25.1 Å². The first kappa shape index (κ1) is 21.7. The monoisotopic (exact) mass is 390 g/mol. The highest BCUT2D eigenvalue weighted by Gasteiger charge is 2.21. The second kappa shape index (κ2) is 11.3. The van der Waals surface area contributed by atoms with Gasteiger partial charge in [-0.05, 0) is 30.9 Å². The lowest BCUT2D eigenvalue weighted by atomic mass is 10.1. The number of carbonyl (C=O) groups excluding carboxylic acids is 3. The molecule has 1 aliphatic rings. The molecule has 1 atom stereocenters. The minimum Gasteiger partial charge on any atom is -0.492 e. The maximum atomic E-state index is 12.5. The second-order valence-corrected chi connectivity index (χ2v) is 6.80. The van der Waals surface area contributed by atoms with Crippen LogP contribution in [0.15, 0.2) is 24.3 Å². The van der Waals surface area contributed by atoms with Crippen LogP contribution in [-0.2, 0) is 20.8 Å². The number of hydrogen-bond donors (Lipinski definition) is 3. The van der Waals surface area contributed by atoms with Gasteiger partial charge in [0.05, 0.1) is 19.1 Å². The summed E-state index contributed by atoms with van der Waals surface area (Å²) < 4.78 is 5.89. The summed E-state index contributed by atoms with van der Waals surface area (Å²) in [6.45, 7) is 3.19. The first-order valence-corrected chi connectivity index (χ1v) is 9.73. The Kier molecular flexibility index (Phi) is 8.74. The zero-order chi connectivity index (χ0) is 20.4. The van der Waals surface area contributed by atoms with E-state index in [0.29, 0.717) is 26.1 Å². The van der Waals surface area contributed by atoms with E-state index < -0.39 is 0 Å². The summed E-state index contributed by atoms with van der Waals surface area (Å²) >= 11 is 0. The molecule has 8 nitrogen and oxygen atoms in total. The van der Waals surface area contributed by atoms with Crippen LogP contribution in [0.25, 0.3) is 0 Å². The number of likely N-dealkylation sites (N-methyl/N-ethyl adjacent to an activating group) is 1. The second-order valence-electron chi connectivity index (χ2n) is 6.80. The first-order chi connectivity index (χ1) is 13.5. The third kappa shape index (κ3) is 6.84. The summed E-state index contributed by atoms with van der Waals surface area (Å²) in [6, 6.07) is 7.44. The van der Waals surface area contributed by atoms with Gasteiger partial charge >= 0.3 is 0 Å². The van der Waals surface area contributed by atoms with Crippen LogP contribution in [0.4, 0.5) is 0 Å². The molecular weight excluding hydrogens is 360 g/mol. The van der Waals surface area contributed by atoms with Crippen LogP contribution in [0.1, 0.15) is 25.3 Å². The number of ether oxygens (including phenoxy) is 1. The molecule has 0 unspecified atom stereocenters. The van der Waals surface area contributed by atoms with E-state index in [-0.39, 0.29) is 36.9 Å². The van der Waals surface area contributed by atoms with Gasteiger partial charge in [0, 0.05) is 20.1 Å². The summed E-state index contributed by atoms with van der Waals surface area (Å²) in [4.78, 5) is 37.8. The molecule has 0 spiro atoms. The van der Waals surface area contributed by atoms with E-state index in [2.05, 4.69) is 16.0 Å². The van der Waals surface area contributed by atoms with Crippen molar-refractivity contribution in [2.75, 3.05) is 39.8 Å². The molecular formula is C20H30N4O4. The average molecular weight is 390 g/mol. The molecule has 0 fully saturated rings. The molecule has 28 heavy (non-hydrogen) atoms. The number of aryl methyl sites for hydroxylation is 1. The van der Waals surface area contributed by atoms with Crippen molar-refractivity contribution in [1.29, 1.82) is 0 Å². The largest absolute Gasteiger partial charge is 0.492 e. The van der Waals surface area contributed by atoms with Gasteiger partial charge in [-0.2, -0.15) is 0 Å². The van der Waals surface area contributed by atoms with E-state index in [0.717, 1.165) is 24.2 Å². The Morgan fingerprint density at radius 3 is 2.68 bits per heavy atom. The molecule has 0 aliphatic carbocycles. The van der Waals surface area contributed by atoms with Crippen molar-refractivity contribution in [3.8, 4) is 5.75 Å². The summed E-state index contributed by atoms with van der Waals surface area (Å²) in [7, 11) is 1.58. The van der Waals surface area contributed by atoms with Gasteiger partial charge in [-0.25, -0.2) is 0 Å². The summed E-state index contributed by atoms with van der Waals surface area (Å²) in [5.41, 5.74) is 1.08. The highest BCUT2D eigenvalue weighted by molar-refractivity contribution is 5.89. The lowest BCUT2D eigenvalue weighted by molar-refractivity contribution is -0.136. The van der Waals surface area contributed by atoms with Gasteiger partial charge in [-0.15, -0.1) is 0 Å². The predicted molar refractivity (Wildman–Crippen MR) is 106 cm³/mol. The molecule has 1 heterocycles. The van der Waals surface area contributed by atoms with E-state index >= 15 is 0 Å². The highest BCUT2D eigenvalue weighted by Crippen LogP contribution is 2.19. The van der Waals surface area contributed by atoms with Gasteiger partial charge < -0.3 is 25.6 Å². The topological polar surface area (TPSA) is 99.8 Å². The van der Waals surface area contributed by atoms with Crippen molar-refractivity contribution < 1.29 is 19.1 Å². The smallest absolute Gasteiger partial charge is 0.240 e. The number of carbonyl (C=O) groups is 3. The molecule has 0 bridgehead atoms. The number of fused-ring (bicyclic) bond motifs is 1. The normalized spacial score (nSPS) is 20.9. The van der Waals surface area contributed by atoms with Crippen molar-refractivity contribution in [3.63, 3.8) is 0 Å². The fourth-order valence-electron chi connectivity index (χ4n) is 3.01. The molecule has 154 valence electrons. The zero-order valence-corrected chi connectivity index (χ0v) is 16.6. The SMILES string of the molecule is CC[C@@H]1NCCOc2ccccc2CCCNC(=O)CNC(=O)CN(C)C1=O. The molecule has 0 radical (unpaired) electrons. The van der Waals surface area contributed by atoms with Gasteiger partial charge in [0.2, 0.25) is 17.7 Å². The number of benzene rings is 1. The molecule has 1 aromatic rings. The number of para-hydroxylation sites is 1. The molecule has 1 aliphatic heterocycles. The van der Waals surface area contributed by atoms with Crippen LogP contribution >= 0.6 is 0 Å². The van der Waals surface area contributed by atoms with Crippen molar-refractivity contribution in [2.45, 2.75) is 32.2 Å². The van der Waals surface area contributed by atoms with Crippen molar-refractivity contribution in [3.05, 3.63) is 29.8 Å². The Bertz CT molecular complexity index is 680. The van der Waals surface area contributed by atoms with E-state index in [1.54, 1.807) is 7.05 Å². The molecule has 0 saturated carbocycles. The molecule has 8 heteroatoms. The first-order valence-electron chi connectivity index (χ1n) is 9.73. The van der Waals surface area contributed by atoms with Crippen LogP contribution in [-0.4, -0.2) is 68.5 Å². The van der Waals surface area contributed by atoms with E-state index in [9.17, 15) is 14.4 Å². The van der Waals surface area contributed by atoms with Gasteiger partial charge in [-0.3, -0.25) is 14.4 Å². The molecule has 0 aromatic heterocycles. The number of nitrogens with one attached hydrogen (secondary N) is 3. The number of nitrogens with zero attached hydrogens (tertiary/aromatic N) is 1. The quantitative estimate of drug-likeness (QED) is 0.630. The molecule has 3 amide bonds. The third-order valence-electron chi connectivity index (χ3n) is 4.58. The zero-order valence-electron chi connectivity index (χ0n) is 16.6. The minimum atomic E-state index is -0.390. The van der Waals surface area contributed by atoms with Crippen LogP contribution in [0.3, 0.4) is 0 Å². The standard InChI is InChI=1S/C20H30N4O4/c1-3-16-20(27)24(2)14-19(26)23-13-18(25)22-10-6-8-15-7-4-5-9-17(15)28-12-11-21-16/h4-5,7,9,16,21H,3,6,8,10-14H2,1-2H3,(H,22,25)(H,23,26)/t16-/m0/s1. The number of hydrogen-bond acceptors (Lipinski definition) is 5. The summed E-state index contributed by atoms with van der Waals surface area (Å²) in [6.07, 6.45) is 2.15. The Balaban J connectivity index is 2.05. The van der Waals surface area contributed by atoms with Gasteiger partial charge in [0.25, 0.3) is 0 Å². The van der Waals surface area contributed by atoms with E-state index in [1.165, 1.54) is 4.90 Å². The Hall–Kier alpha value is -2.61. The maximum absolute atomic E-state index is 12.5. The molecule has 2 rings (SSSR count). The lowest BCUT2D eigenvalue weighted by Gasteiger charge is -2.23. The van der Waals surface area contributed by atoms with Crippen LogP contribution in [0.2, 0.25) is 0 Å². The Morgan fingerprint density at radius 2 is 1.89 bits per heavy atom. The highest BCUT2D eigenvalue weighted by atomic mass is 16.5. The third-order valence-corrected chi connectivity index (χ3v) is 4.58. The molecule has 3 N–H and O–H groups in total. The van der Waals surface area contributed by atoms with Crippen molar-refractivity contribution in [2.24, 2.45) is 0 Å². The molecule has 1 aromatic carbocycles. The summed E-state index contributed by atoms with van der Waals surface area (Å²) in [5, 5.41) is 8.53. The fourth-order valence-corrected chi connectivity index (χ4v) is 3.01. The fraction of sp³-hybridized carbons (Fsp3) is 0.550. The van der Waals surface area contributed by atoms with Crippen LogP contribution in [0, 0.1) is 0 Å². The van der Waals surface area contributed by atoms with Crippen LogP contribution < -0.4 is 20.7 Å². The Morgan fingerprint density at radius 1 is 1.11 bits per heavy atom. The number of amides is 3. The van der Waals surface area contributed by atoms with Crippen molar-refractivity contribution in [1.82, 2.24) is 20.9 Å². The van der Waals surface area contributed by atoms with Gasteiger partial charge in [0.1, 0.15) is 12.4 Å². The van der Waals surface area contributed by atoms with Crippen LogP contribution in [0.5, 0.6) is 5.75 Å². The van der Waals surface area contributed by atoms with Crippen molar-refractivity contribution >= 4 is 17.7 Å². The van der Waals surface area contributed by atoms with E-state index in [1.807, 2.05) is 31.2 Å². The maximum Gasteiger partial charge on any atom is 0.240 e. The number of rotatable bonds is 1. The Labute approximate surface area is 166 Å². The van der Waals surface area contributed by atoms with Gasteiger partial charge in [0.15, 0.2) is 0 Å². The average Bonchev–Trinajstić information content (AvgIpc) is 2.69. The van der Waals surface area contributed by atoms with E-state index in [4.69, 9.17) is 4.74 Å².